The van der Waals surface area contributed by atoms with Gasteiger partial charge in [0, 0.05) is 12.5 Å². The Bertz CT molecular complexity index is 437. The molecule has 0 amide bonds. The zero-order chi connectivity index (χ0) is 12.9. The minimum Gasteiger partial charge on any atom is -0.371 e. The van der Waals surface area contributed by atoms with Crippen molar-refractivity contribution in [1.29, 1.82) is 0 Å². The normalized spacial score (nSPS) is 39.5. The van der Waals surface area contributed by atoms with Crippen LogP contribution in [-0.2, 0) is 19.0 Å². The van der Waals surface area contributed by atoms with Crippen LogP contribution < -0.4 is 0 Å². The molecule has 0 aliphatic heterocycles. The zero-order valence-corrected chi connectivity index (χ0v) is 11.6. The maximum absolute atomic E-state index is 11.4. The Kier molecular flexibility index (Phi) is 2.92. The molecule has 0 saturated heterocycles. The van der Waals surface area contributed by atoms with Gasteiger partial charge in [0.25, 0.3) is 10.1 Å². The van der Waals surface area contributed by atoms with Crippen LogP contribution in [0, 0.1) is 11.3 Å². The van der Waals surface area contributed by atoms with Crippen LogP contribution in [0.15, 0.2) is 12.2 Å². The van der Waals surface area contributed by atoms with Crippen LogP contribution in [0.25, 0.3) is 0 Å². The third kappa shape index (κ3) is 2.04. The molecule has 0 unspecified atom stereocenters. The molecule has 4 nitrogen and oxygen atoms in total. The van der Waals surface area contributed by atoms with Gasteiger partial charge in [0.1, 0.15) is 11.7 Å². The highest BCUT2D eigenvalue weighted by Gasteiger charge is 2.57. The van der Waals surface area contributed by atoms with Crippen LogP contribution in [0.4, 0.5) is 0 Å². The fourth-order valence-electron chi connectivity index (χ4n) is 3.16. The minimum absolute atomic E-state index is 0.230. The molecule has 0 aromatic carbocycles. The van der Waals surface area contributed by atoms with E-state index in [4.69, 9.17) is 8.92 Å². The lowest BCUT2D eigenvalue weighted by Gasteiger charge is -2.55. The molecule has 0 radical (unpaired) electrons. The number of fused-ring (bicyclic) bond motifs is 2. The molecule has 2 bridgehead atoms. The first-order valence-electron chi connectivity index (χ1n) is 5.84. The van der Waals surface area contributed by atoms with Crippen LogP contribution in [-0.4, -0.2) is 33.5 Å². The van der Waals surface area contributed by atoms with E-state index in [-0.39, 0.29) is 5.41 Å². The van der Waals surface area contributed by atoms with Gasteiger partial charge in [-0.2, -0.15) is 8.42 Å². The maximum Gasteiger partial charge on any atom is 0.264 e. The smallest absolute Gasteiger partial charge is 0.264 e. The second-order valence-corrected chi connectivity index (χ2v) is 7.27. The van der Waals surface area contributed by atoms with Gasteiger partial charge in [0.15, 0.2) is 0 Å². The lowest BCUT2D eigenvalue weighted by Crippen LogP contribution is -2.61. The first kappa shape index (κ1) is 13.1. The van der Waals surface area contributed by atoms with Crippen molar-refractivity contribution in [2.75, 3.05) is 13.4 Å². The monoisotopic (exact) mass is 260 g/mol. The summed E-state index contributed by atoms with van der Waals surface area (Å²) in [6.45, 7) is 4.09. The van der Waals surface area contributed by atoms with Crippen molar-refractivity contribution in [2.24, 2.45) is 11.3 Å². The summed E-state index contributed by atoms with van der Waals surface area (Å²) in [6.07, 6.45) is 6.59. The van der Waals surface area contributed by atoms with E-state index in [0.717, 1.165) is 19.1 Å². The second kappa shape index (κ2) is 3.80. The van der Waals surface area contributed by atoms with Gasteiger partial charge >= 0.3 is 0 Å². The van der Waals surface area contributed by atoms with Gasteiger partial charge in [0.2, 0.25) is 0 Å². The summed E-state index contributed by atoms with van der Waals surface area (Å²) in [5.74, 6) is 0.353. The van der Waals surface area contributed by atoms with Crippen LogP contribution in [0.2, 0.25) is 0 Å². The van der Waals surface area contributed by atoms with Gasteiger partial charge < -0.3 is 4.74 Å². The van der Waals surface area contributed by atoms with Crippen molar-refractivity contribution in [3.05, 3.63) is 12.2 Å². The minimum atomic E-state index is -3.48. The summed E-state index contributed by atoms with van der Waals surface area (Å²) in [5, 5.41) is 0. The number of methoxy groups -OCH3 is 1. The Morgan fingerprint density at radius 1 is 1.35 bits per heavy atom. The molecule has 0 heterocycles. The van der Waals surface area contributed by atoms with E-state index in [0.29, 0.717) is 5.92 Å². The molecule has 98 valence electrons. The lowest BCUT2D eigenvalue weighted by molar-refractivity contribution is -0.152. The van der Waals surface area contributed by atoms with E-state index in [1.165, 1.54) is 0 Å². The fourth-order valence-corrected chi connectivity index (χ4v) is 3.92. The molecule has 0 N–H and O–H groups in total. The topological polar surface area (TPSA) is 52.6 Å². The molecule has 5 heteroatoms. The average Bonchev–Trinajstić information content (AvgIpc) is 2.23. The van der Waals surface area contributed by atoms with E-state index in [9.17, 15) is 8.42 Å². The molecule has 3 aliphatic carbocycles. The van der Waals surface area contributed by atoms with Gasteiger partial charge in [-0.1, -0.05) is 26.0 Å². The maximum atomic E-state index is 11.4. The van der Waals surface area contributed by atoms with Crippen LogP contribution in [0.5, 0.6) is 0 Å². The molecule has 0 spiro atoms. The van der Waals surface area contributed by atoms with Gasteiger partial charge in [0.05, 0.1) is 6.26 Å². The predicted octanol–water partition coefficient (Wildman–Crippen LogP) is 1.72. The van der Waals surface area contributed by atoms with Crippen LogP contribution in [0.3, 0.4) is 0 Å². The fraction of sp³-hybridized carbons (Fsp3) is 0.833. The van der Waals surface area contributed by atoms with Gasteiger partial charge in [-0.05, 0) is 18.8 Å². The first-order valence-corrected chi connectivity index (χ1v) is 7.66. The van der Waals surface area contributed by atoms with E-state index in [1.54, 1.807) is 7.11 Å². The van der Waals surface area contributed by atoms with Crippen molar-refractivity contribution in [3.63, 3.8) is 0 Å². The summed E-state index contributed by atoms with van der Waals surface area (Å²) in [4.78, 5) is 0. The Morgan fingerprint density at radius 2 is 2.00 bits per heavy atom. The number of hydrogen-bond donors (Lipinski definition) is 0. The summed E-state index contributed by atoms with van der Waals surface area (Å²) in [6, 6.07) is 0. The van der Waals surface area contributed by atoms with Crippen molar-refractivity contribution >= 4 is 10.1 Å². The molecular formula is C12H20O4S. The highest BCUT2D eigenvalue weighted by atomic mass is 32.2. The Hall–Kier alpha value is -0.390. The summed E-state index contributed by atoms with van der Waals surface area (Å²) in [5.41, 5.74) is -0.826. The third-order valence-corrected chi connectivity index (χ3v) is 4.73. The average molecular weight is 260 g/mol. The predicted molar refractivity (Wildman–Crippen MR) is 65.1 cm³/mol. The summed E-state index contributed by atoms with van der Waals surface area (Å²) >= 11 is 0. The number of rotatable bonds is 3. The molecule has 17 heavy (non-hydrogen) atoms. The molecule has 3 atom stereocenters. The van der Waals surface area contributed by atoms with Gasteiger partial charge in [-0.15, -0.1) is 0 Å². The van der Waals surface area contributed by atoms with Crippen molar-refractivity contribution in [3.8, 4) is 0 Å². The number of hydrogen-bond acceptors (Lipinski definition) is 4. The van der Waals surface area contributed by atoms with E-state index >= 15 is 0 Å². The molecule has 3 rings (SSSR count). The van der Waals surface area contributed by atoms with E-state index < -0.39 is 21.8 Å². The molecule has 1 fully saturated rings. The standard InChI is InChI=1S/C12H20O4S/c1-11(2)9-5-7-12(15-3,8-6-9)10(11)16-17(4,13)14/h5,7,9-10H,6,8H2,1-4H3/t9-,10-,12-/m0/s1. The third-order valence-electron chi connectivity index (χ3n) is 4.18. The number of ether oxygens (including phenoxy) is 1. The molecule has 1 saturated carbocycles. The van der Waals surface area contributed by atoms with Crippen LogP contribution >= 0.6 is 0 Å². The Labute approximate surface area is 103 Å². The molecule has 3 aliphatic rings. The van der Waals surface area contributed by atoms with Crippen molar-refractivity contribution in [1.82, 2.24) is 0 Å². The molecule has 0 aromatic heterocycles. The van der Waals surface area contributed by atoms with Crippen molar-refractivity contribution < 1.29 is 17.3 Å². The quantitative estimate of drug-likeness (QED) is 0.573. The van der Waals surface area contributed by atoms with E-state index in [2.05, 4.69) is 6.08 Å². The number of allylic oxidation sites excluding steroid dienone is 1. The lowest BCUT2D eigenvalue weighted by atomic mass is 9.57. The zero-order valence-electron chi connectivity index (χ0n) is 10.8. The van der Waals surface area contributed by atoms with E-state index in [1.807, 2.05) is 19.9 Å². The summed E-state index contributed by atoms with van der Waals surface area (Å²) in [7, 11) is -1.86. The first-order chi connectivity index (χ1) is 7.71. The van der Waals surface area contributed by atoms with Gasteiger partial charge in [-0.25, -0.2) is 0 Å². The SMILES string of the molecule is CO[C@@]12C=C[C@@H](CC1)C(C)(C)[C@@H]2OS(C)(=O)=O. The molecule has 0 aromatic rings. The van der Waals surface area contributed by atoms with Gasteiger partial charge in [-0.3, -0.25) is 4.18 Å². The highest BCUT2D eigenvalue weighted by Crippen LogP contribution is 2.53. The Balaban J connectivity index is 2.43. The largest absolute Gasteiger partial charge is 0.371 e. The molecular weight excluding hydrogens is 240 g/mol. The Morgan fingerprint density at radius 3 is 2.41 bits per heavy atom. The van der Waals surface area contributed by atoms with Crippen LogP contribution in [0.1, 0.15) is 26.7 Å². The van der Waals surface area contributed by atoms with Crippen molar-refractivity contribution in [2.45, 2.75) is 38.4 Å². The second-order valence-electron chi connectivity index (χ2n) is 5.67. The highest BCUT2D eigenvalue weighted by molar-refractivity contribution is 7.86. The summed E-state index contributed by atoms with van der Waals surface area (Å²) < 4.78 is 33.7.